The Morgan fingerprint density at radius 2 is 2.06 bits per heavy atom. The normalized spacial score (nSPS) is 10.6. The van der Waals surface area contributed by atoms with Gasteiger partial charge in [-0.1, -0.05) is 39.7 Å². The van der Waals surface area contributed by atoms with E-state index in [1.807, 2.05) is 18.2 Å². The Morgan fingerprint density at radius 1 is 1.28 bits per heavy atom. The van der Waals surface area contributed by atoms with Crippen LogP contribution < -0.4 is 5.73 Å². The van der Waals surface area contributed by atoms with Crippen LogP contribution in [0.5, 0.6) is 0 Å². The van der Waals surface area contributed by atoms with E-state index in [1.54, 1.807) is 18.2 Å². The van der Waals surface area contributed by atoms with Gasteiger partial charge < -0.3 is 5.73 Å². The molecule has 5 heteroatoms. The van der Waals surface area contributed by atoms with Crippen LogP contribution in [-0.4, -0.2) is 0 Å². The average Bonchev–Trinajstić information content (AvgIpc) is 2.35. The van der Waals surface area contributed by atoms with E-state index in [0.29, 0.717) is 17.0 Å². The Kier molecular flexibility index (Phi) is 4.54. The molecule has 2 rings (SSSR count). The number of benzene rings is 2. The molecule has 0 heterocycles. The van der Waals surface area contributed by atoms with E-state index < -0.39 is 0 Å². The number of rotatable bonds is 3. The van der Waals surface area contributed by atoms with Gasteiger partial charge in [0.05, 0.1) is 5.02 Å². The lowest BCUT2D eigenvalue weighted by Gasteiger charge is -2.07. The fourth-order valence-corrected chi connectivity index (χ4v) is 3.13. The van der Waals surface area contributed by atoms with Gasteiger partial charge >= 0.3 is 0 Å². The summed E-state index contributed by atoms with van der Waals surface area (Å²) in [5, 5.41) is 0.148. The second kappa shape index (κ2) is 5.95. The van der Waals surface area contributed by atoms with Gasteiger partial charge in [0.25, 0.3) is 0 Å². The molecule has 0 amide bonds. The zero-order chi connectivity index (χ0) is 13.1. The Bertz CT molecular complexity index is 575. The second-order valence-electron chi connectivity index (χ2n) is 3.68. The average molecular weight is 347 g/mol. The zero-order valence-electron chi connectivity index (χ0n) is 9.29. The highest BCUT2D eigenvalue weighted by molar-refractivity contribution is 9.10. The lowest BCUT2D eigenvalue weighted by atomic mass is 10.2. The first-order valence-electron chi connectivity index (χ1n) is 5.18. The molecule has 0 aliphatic heterocycles. The minimum atomic E-state index is -0.361. The predicted octanol–water partition coefficient (Wildman–Crippen LogP) is 5.12. The maximum absolute atomic E-state index is 13.7. The molecule has 0 unspecified atom stereocenters. The van der Waals surface area contributed by atoms with Crippen molar-refractivity contribution in [3.8, 4) is 0 Å². The third-order valence-electron chi connectivity index (χ3n) is 2.39. The summed E-state index contributed by atoms with van der Waals surface area (Å²) in [7, 11) is 0. The molecule has 18 heavy (non-hydrogen) atoms. The van der Waals surface area contributed by atoms with Crippen molar-refractivity contribution in [2.45, 2.75) is 10.6 Å². The van der Waals surface area contributed by atoms with Crippen molar-refractivity contribution >= 4 is 45.0 Å². The highest BCUT2D eigenvalue weighted by Gasteiger charge is 2.08. The third kappa shape index (κ3) is 3.19. The van der Waals surface area contributed by atoms with Gasteiger partial charge in [0.2, 0.25) is 0 Å². The first kappa shape index (κ1) is 13.7. The van der Waals surface area contributed by atoms with Crippen LogP contribution in [0.25, 0.3) is 0 Å². The molecule has 2 aromatic carbocycles. The van der Waals surface area contributed by atoms with E-state index in [2.05, 4.69) is 15.9 Å². The number of nitrogen functional groups attached to an aromatic ring is 1. The van der Waals surface area contributed by atoms with Crippen molar-refractivity contribution < 1.29 is 4.39 Å². The van der Waals surface area contributed by atoms with Gasteiger partial charge in [0, 0.05) is 20.8 Å². The van der Waals surface area contributed by atoms with Crippen LogP contribution in [0.1, 0.15) is 5.56 Å². The summed E-state index contributed by atoms with van der Waals surface area (Å²) in [6.45, 7) is 0. The quantitative estimate of drug-likeness (QED) is 0.617. The number of hydrogen-bond acceptors (Lipinski definition) is 2. The zero-order valence-corrected chi connectivity index (χ0v) is 12.4. The maximum atomic E-state index is 13.7. The Hall–Kier alpha value is -0.710. The van der Waals surface area contributed by atoms with Crippen LogP contribution in [-0.2, 0) is 5.75 Å². The minimum Gasteiger partial charge on any atom is -0.398 e. The third-order valence-corrected chi connectivity index (χ3v) is 4.30. The fraction of sp³-hybridized carbons (Fsp3) is 0.0769. The fourth-order valence-electron chi connectivity index (χ4n) is 1.45. The number of hydrogen-bond donors (Lipinski definition) is 1. The molecule has 0 aliphatic rings. The Labute approximate surface area is 123 Å². The van der Waals surface area contributed by atoms with Crippen LogP contribution in [0, 0.1) is 5.82 Å². The minimum absolute atomic E-state index is 0.148. The Balaban J connectivity index is 2.16. The van der Waals surface area contributed by atoms with Gasteiger partial charge in [-0.25, -0.2) is 4.39 Å². The second-order valence-corrected chi connectivity index (χ2v) is 6.02. The van der Waals surface area contributed by atoms with E-state index in [0.717, 1.165) is 9.37 Å². The first-order valence-corrected chi connectivity index (χ1v) is 7.34. The molecular formula is C13H10BrClFNS. The molecule has 2 N–H and O–H groups in total. The van der Waals surface area contributed by atoms with Gasteiger partial charge in [-0.3, -0.25) is 0 Å². The summed E-state index contributed by atoms with van der Waals surface area (Å²) in [5.41, 5.74) is 7.12. The van der Waals surface area contributed by atoms with Gasteiger partial charge in [-0.05, 0) is 29.8 Å². The molecule has 94 valence electrons. The molecule has 0 aromatic heterocycles. The van der Waals surface area contributed by atoms with Crippen molar-refractivity contribution in [3.63, 3.8) is 0 Å². The van der Waals surface area contributed by atoms with E-state index in [4.69, 9.17) is 17.3 Å². The SMILES string of the molecule is Nc1ccc(Br)cc1SCc1cccc(Cl)c1F. The summed E-state index contributed by atoms with van der Waals surface area (Å²) in [5.74, 6) is 0.132. The summed E-state index contributed by atoms with van der Waals surface area (Å²) in [6.07, 6.45) is 0. The Morgan fingerprint density at radius 3 is 2.83 bits per heavy atom. The van der Waals surface area contributed by atoms with Gasteiger partial charge in [-0.2, -0.15) is 0 Å². The molecule has 0 radical (unpaired) electrons. The molecule has 0 aliphatic carbocycles. The van der Waals surface area contributed by atoms with E-state index in [9.17, 15) is 4.39 Å². The molecule has 2 aromatic rings. The van der Waals surface area contributed by atoms with Crippen LogP contribution in [0.2, 0.25) is 5.02 Å². The first-order chi connectivity index (χ1) is 8.58. The highest BCUT2D eigenvalue weighted by atomic mass is 79.9. The molecule has 0 atom stereocenters. The van der Waals surface area contributed by atoms with Crippen molar-refractivity contribution in [1.82, 2.24) is 0 Å². The summed E-state index contributed by atoms with van der Waals surface area (Å²) < 4.78 is 14.6. The van der Waals surface area contributed by atoms with E-state index >= 15 is 0 Å². The number of halogens is 3. The van der Waals surface area contributed by atoms with E-state index in [-0.39, 0.29) is 10.8 Å². The van der Waals surface area contributed by atoms with Gasteiger partial charge in [0.15, 0.2) is 0 Å². The van der Waals surface area contributed by atoms with Gasteiger partial charge in [0.1, 0.15) is 5.82 Å². The lowest BCUT2D eigenvalue weighted by molar-refractivity contribution is 0.618. The smallest absolute Gasteiger partial charge is 0.145 e. The van der Waals surface area contributed by atoms with Crippen molar-refractivity contribution in [1.29, 1.82) is 0 Å². The topological polar surface area (TPSA) is 26.0 Å². The summed E-state index contributed by atoms with van der Waals surface area (Å²) >= 11 is 10.6. The number of anilines is 1. The molecule has 0 bridgehead atoms. The summed E-state index contributed by atoms with van der Waals surface area (Å²) in [4.78, 5) is 0.920. The highest BCUT2D eigenvalue weighted by Crippen LogP contribution is 2.32. The molecular weight excluding hydrogens is 337 g/mol. The molecule has 1 nitrogen and oxygen atoms in total. The van der Waals surface area contributed by atoms with Crippen LogP contribution in [0.15, 0.2) is 45.8 Å². The standard InChI is InChI=1S/C13H10BrClFNS/c14-9-4-5-11(17)12(6-9)18-7-8-2-1-3-10(15)13(8)16/h1-6H,7,17H2. The van der Waals surface area contributed by atoms with Crippen molar-refractivity contribution in [2.75, 3.05) is 5.73 Å². The van der Waals surface area contributed by atoms with E-state index in [1.165, 1.54) is 11.8 Å². The molecule has 0 saturated heterocycles. The largest absolute Gasteiger partial charge is 0.398 e. The predicted molar refractivity (Wildman–Crippen MR) is 79.5 cm³/mol. The van der Waals surface area contributed by atoms with Crippen LogP contribution in [0.4, 0.5) is 10.1 Å². The van der Waals surface area contributed by atoms with Crippen LogP contribution in [0.3, 0.4) is 0 Å². The molecule has 0 fully saturated rings. The summed E-state index contributed by atoms with van der Waals surface area (Å²) in [6, 6.07) is 10.6. The van der Waals surface area contributed by atoms with Crippen molar-refractivity contribution in [3.05, 3.63) is 57.3 Å². The van der Waals surface area contributed by atoms with Gasteiger partial charge in [-0.15, -0.1) is 11.8 Å². The lowest BCUT2D eigenvalue weighted by Crippen LogP contribution is -1.91. The number of nitrogens with two attached hydrogens (primary N) is 1. The van der Waals surface area contributed by atoms with Crippen LogP contribution >= 0.6 is 39.3 Å². The molecule has 0 spiro atoms. The maximum Gasteiger partial charge on any atom is 0.145 e. The monoisotopic (exact) mass is 345 g/mol. The number of thioether (sulfide) groups is 1. The van der Waals surface area contributed by atoms with Crippen molar-refractivity contribution in [2.24, 2.45) is 0 Å². The molecule has 0 saturated carbocycles.